The van der Waals surface area contributed by atoms with Gasteiger partial charge in [0.05, 0.1) is 6.61 Å². The third-order valence-corrected chi connectivity index (χ3v) is 2.94. The van der Waals surface area contributed by atoms with Crippen LogP contribution in [0, 0.1) is 0 Å². The summed E-state index contributed by atoms with van der Waals surface area (Å²) in [6.45, 7) is 2.49. The van der Waals surface area contributed by atoms with Crippen molar-refractivity contribution in [1.29, 1.82) is 0 Å². The molecule has 0 amide bonds. The predicted octanol–water partition coefficient (Wildman–Crippen LogP) is 3.55. The van der Waals surface area contributed by atoms with Crippen molar-refractivity contribution in [1.82, 2.24) is 0 Å². The highest BCUT2D eigenvalue weighted by Gasteiger charge is 2.03. The minimum atomic E-state index is -0.439. The summed E-state index contributed by atoms with van der Waals surface area (Å²) in [5, 5.41) is 9.95. The van der Waals surface area contributed by atoms with E-state index in [-0.39, 0.29) is 5.75 Å². The molecule has 0 aliphatic rings. The molecule has 0 saturated heterocycles. The van der Waals surface area contributed by atoms with Gasteiger partial charge in [0.25, 0.3) is 0 Å². The molecule has 0 heterocycles. The Morgan fingerprint density at radius 1 is 1.18 bits per heavy atom. The number of rotatable bonds is 6. The van der Waals surface area contributed by atoms with Crippen molar-refractivity contribution in [2.24, 2.45) is 0 Å². The quantitative estimate of drug-likeness (QED) is 0.654. The van der Waals surface area contributed by atoms with Crippen molar-refractivity contribution in [2.75, 3.05) is 6.61 Å². The standard InChI is InChI=1S/C18H18O4/c1-2-21-18(20)11-9-15-8-10-16(12-17(15)19)22-13-14-6-4-3-5-7-14/h3-12,19H,2,13H2,1H3. The first-order valence-corrected chi connectivity index (χ1v) is 7.03. The number of hydrogen-bond donors (Lipinski definition) is 1. The van der Waals surface area contributed by atoms with Crippen LogP contribution in [0.15, 0.2) is 54.6 Å². The van der Waals surface area contributed by atoms with Gasteiger partial charge in [-0.3, -0.25) is 0 Å². The van der Waals surface area contributed by atoms with E-state index in [4.69, 9.17) is 9.47 Å². The maximum absolute atomic E-state index is 11.2. The van der Waals surface area contributed by atoms with Crippen molar-refractivity contribution in [3.8, 4) is 11.5 Å². The first kappa shape index (κ1) is 15.6. The van der Waals surface area contributed by atoms with E-state index in [1.54, 1.807) is 19.1 Å². The molecule has 2 aromatic rings. The Hall–Kier alpha value is -2.75. The predicted molar refractivity (Wildman–Crippen MR) is 84.5 cm³/mol. The van der Waals surface area contributed by atoms with Crippen LogP contribution in [0.4, 0.5) is 0 Å². The molecule has 0 saturated carbocycles. The van der Waals surface area contributed by atoms with Crippen molar-refractivity contribution in [3.63, 3.8) is 0 Å². The second-order valence-corrected chi connectivity index (χ2v) is 4.58. The van der Waals surface area contributed by atoms with E-state index in [2.05, 4.69) is 0 Å². The van der Waals surface area contributed by atoms with Gasteiger partial charge >= 0.3 is 5.97 Å². The molecule has 0 aliphatic carbocycles. The van der Waals surface area contributed by atoms with Crippen LogP contribution >= 0.6 is 0 Å². The van der Waals surface area contributed by atoms with Gasteiger partial charge in [0, 0.05) is 17.7 Å². The third kappa shape index (κ3) is 4.66. The zero-order valence-electron chi connectivity index (χ0n) is 12.4. The van der Waals surface area contributed by atoms with E-state index < -0.39 is 5.97 Å². The van der Waals surface area contributed by atoms with Gasteiger partial charge in [-0.25, -0.2) is 4.79 Å². The minimum absolute atomic E-state index is 0.0473. The number of ether oxygens (including phenoxy) is 2. The summed E-state index contributed by atoms with van der Waals surface area (Å²) in [7, 11) is 0. The number of carbonyl (C=O) groups excluding carboxylic acids is 1. The Morgan fingerprint density at radius 2 is 1.95 bits per heavy atom. The summed E-state index contributed by atoms with van der Waals surface area (Å²) in [5.41, 5.74) is 1.58. The average Bonchev–Trinajstić information content (AvgIpc) is 2.53. The van der Waals surface area contributed by atoms with Gasteiger partial charge in [-0.2, -0.15) is 0 Å². The number of aromatic hydroxyl groups is 1. The van der Waals surface area contributed by atoms with Crippen molar-refractivity contribution in [3.05, 3.63) is 65.7 Å². The maximum Gasteiger partial charge on any atom is 0.330 e. The van der Waals surface area contributed by atoms with Crippen LogP contribution in [0.3, 0.4) is 0 Å². The van der Waals surface area contributed by atoms with Gasteiger partial charge in [-0.15, -0.1) is 0 Å². The lowest BCUT2D eigenvalue weighted by Gasteiger charge is -2.08. The lowest BCUT2D eigenvalue weighted by molar-refractivity contribution is -0.137. The molecule has 2 aromatic carbocycles. The van der Waals surface area contributed by atoms with E-state index in [0.717, 1.165) is 5.56 Å². The van der Waals surface area contributed by atoms with Crippen LogP contribution in [0.25, 0.3) is 6.08 Å². The van der Waals surface area contributed by atoms with E-state index in [1.165, 1.54) is 18.2 Å². The molecular formula is C18H18O4. The first-order chi connectivity index (χ1) is 10.7. The summed E-state index contributed by atoms with van der Waals surface area (Å²) in [6.07, 6.45) is 2.79. The molecule has 0 bridgehead atoms. The van der Waals surface area contributed by atoms with Gasteiger partial charge in [0.15, 0.2) is 0 Å². The van der Waals surface area contributed by atoms with Gasteiger partial charge in [-0.1, -0.05) is 30.3 Å². The van der Waals surface area contributed by atoms with Gasteiger partial charge in [0.1, 0.15) is 18.1 Å². The average molecular weight is 298 g/mol. The number of phenolic OH excluding ortho intramolecular Hbond substituents is 1. The van der Waals surface area contributed by atoms with Crippen LogP contribution in [-0.2, 0) is 16.1 Å². The normalized spacial score (nSPS) is 10.6. The molecular weight excluding hydrogens is 280 g/mol. The monoisotopic (exact) mass is 298 g/mol. The minimum Gasteiger partial charge on any atom is -0.507 e. The van der Waals surface area contributed by atoms with Crippen LogP contribution in [0.1, 0.15) is 18.1 Å². The number of phenols is 1. The number of benzene rings is 2. The largest absolute Gasteiger partial charge is 0.507 e. The number of carbonyl (C=O) groups is 1. The van der Waals surface area contributed by atoms with Crippen molar-refractivity contribution in [2.45, 2.75) is 13.5 Å². The molecule has 0 atom stereocenters. The number of hydrogen-bond acceptors (Lipinski definition) is 4. The van der Waals surface area contributed by atoms with Gasteiger partial charge in [0.2, 0.25) is 0 Å². The topological polar surface area (TPSA) is 55.8 Å². The maximum atomic E-state index is 11.2. The molecule has 0 aliphatic heterocycles. The van der Waals surface area contributed by atoms with E-state index in [9.17, 15) is 9.90 Å². The fraction of sp³-hybridized carbons (Fsp3) is 0.167. The summed E-state index contributed by atoms with van der Waals surface area (Å²) < 4.78 is 10.4. The highest BCUT2D eigenvalue weighted by atomic mass is 16.5. The van der Waals surface area contributed by atoms with Crippen molar-refractivity contribution < 1.29 is 19.4 Å². The van der Waals surface area contributed by atoms with Gasteiger partial charge in [-0.05, 0) is 30.7 Å². The van der Waals surface area contributed by atoms with Crippen molar-refractivity contribution >= 4 is 12.0 Å². The summed E-state index contributed by atoms with van der Waals surface area (Å²) in [4.78, 5) is 11.2. The zero-order valence-corrected chi connectivity index (χ0v) is 12.4. The Kier molecular flexibility index (Phi) is 5.60. The third-order valence-electron chi connectivity index (χ3n) is 2.94. The highest BCUT2D eigenvalue weighted by Crippen LogP contribution is 2.25. The highest BCUT2D eigenvalue weighted by molar-refractivity contribution is 5.87. The lowest BCUT2D eigenvalue weighted by Crippen LogP contribution is -1.98. The second kappa shape index (κ2) is 7.88. The molecule has 114 valence electrons. The first-order valence-electron chi connectivity index (χ1n) is 7.03. The van der Waals surface area contributed by atoms with Crippen LogP contribution in [-0.4, -0.2) is 17.7 Å². The lowest BCUT2D eigenvalue weighted by atomic mass is 10.1. The summed E-state index contributed by atoms with van der Waals surface area (Å²) >= 11 is 0. The fourth-order valence-corrected chi connectivity index (χ4v) is 1.84. The summed E-state index contributed by atoms with van der Waals surface area (Å²) in [6, 6.07) is 14.7. The number of esters is 1. The van der Waals surface area contributed by atoms with Crippen LogP contribution in [0.2, 0.25) is 0 Å². The Bertz CT molecular complexity index is 647. The van der Waals surface area contributed by atoms with E-state index >= 15 is 0 Å². The zero-order chi connectivity index (χ0) is 15.8. The molecule has 0 spiro atoms. The molecule has 4 nitrogen and oxygen atoms in total. The molecule has 2 rings (SSSR count). The van der Waals surface area contributed by atoms with Crippen LogP contribution < -0.4 is 4.74 Å². The SMILES string of the molecule is CCOC(=O)C=Cc1ccc(OCc2ccccc2)cc1O. The Balaban J connectivity index is 1.98. The fourth-order valence-electron chi connectivity index (χ4n) is 1.84. The van der Waals surface area contributed by atoms with Gasteiger partial charge < -0.3 is 14.6 Å². The molecule has 0 unspecified atom stereocenters. The Labute approximate surface area is 129 Å². The molecule has 22 heavy (non-hydrogen) atoms. The van der Waals surface area contributed by atoms with Crippen LogP contribution in [0.5, 0.6) is 11.5 Å². The molecule has 1 N–H and O–H groups in total. The summed E-state index contributed by atoms with van der Waals surface area (Å²) in [5.74, 6) is 0.173. The molecule has 0 radical (unpaired) electrons. The molecule has 0 fully saturated rings. The van der Waals surface area contributed by atoms with E-state index in [0.29, 0.717) is 24.5 Å². The second-order valence-electron chi connectivity index (χ2n) is 4.58. The smallest absolute Gasteiger partial charge is 0.330 e. The Morgan fingerprint density at radius 3 is 2.64 bits per heavy atom. The van der Waals surface area contributed by atoms with E-state index in [1.807, 2.05) is 30.3 Å². The molecule has 0 aromatic heterocycles. The molecule has 4 heteroatoms.